The summed E-state index contributed by atoms with van der Waals surface area (Å²) >= 11 is 0. The second kappa shape index (κ2) is 13.6. The van der Waals surface area contributed by atoms with Gasteiger partial charge in [0.1, 0.15) is 11.2 Å². The molecule has 0 N–H and O–H groups in total. The number of nitrogens with zero attached hydrogens (tertiary/aromatic N) is 4. The number of benzene rings is 10. The van der Waals surface area contributed by atoms with Crippen LogP contribution < -0.4 is 0 Å². The van der Waals surface area contributed by atoms with Crippen LogP contribution in [-0.2, 0) is 0 Å². The van der Waals surface area contributed by atoms with Gasteiger partial charge in [0.15, 0.2) is 17.5 Å². The van der Waals surface area contributed by atoms with Gasteiger partial charge in [-0.25, -0.2) is 15.0 Å². The predicted octanol–water partition coefficient (Wildman–Crippen LogP) is 15.0. The van der Waals surface area contributed by atoms with Gasteiger partial charge in [-0.15, -0.1) is 0 Å². The molecule has 0 spiro atoms. The van der Waals surface area contributed by atoms with Crippen LogP contribution in [0.15, 0.2) is 211 Å². The maximum Gasteiger partial charge on any atom is 0.164 e. The molecule has 13 aromatic rings. The summed E-state index contributed by atoms with van der Waals surface area (Å²) in [5, 5.41) is 11.6. The van der Waals surface area contributed by atoms with Gasteiger partial charge >= 0.3 is 0 Å². The topological polar surface area (TPSA) is 56.7 Å². The molecular formula is C57H34N4O. The molecule has 3 aromatic heterocycles. The Balaban J connectivity index is 1.00. The third-order valence-electron chi connectivity index (χ3n) is 12.4. The second-order valence-electron chi connectivity index (χ2n) is 15.9. The van der Waals surface area contributed by atoms with E-state index in [1.807, 2.05) is 60.7 Å². The smallest absolute Gasteiger partial charge is 0.164 e. The highest BCUT2D eigenvalue weighted by atomic mass is 16.3. The molecule has 5 nitrogen and oxygen atoms in total. The van der Waals surface area contributed by atoms with Crippen LogP contribution in [0.4, 0.5) is 0 Å². The highest BCUT2D eigenvalue weighted by Gasteiger charge is 2.19. The molecule has 0 saturated carbocycles. The lowest BCUT2D eigenvalue weighted by Crippen LogP contribution is -2.00. The van der Waals surface area contributed by atoms with Crippen molar-refractivity contribution in [3.63, 3.8) is 0 Å². The zero-order chi connectivity index (χ0) is 40.7. The van der Waals surface area contributed by atoms with E-state index in [1.54, 1.807) is 0 Å². The molecule has 0 aliphatic heterocycles. The van der Waals surface area contributed by atoms with Crippen LogP contribution >= 0.6 is 0 Å². The van der Waals surface area contributed by atoms with Crippen molar-refractivity contribution in [2.45, 2.75) is 0 Å². The molecule has 0 saturated heterocycles. The van der Waals surface area contributed by atoms with Gasteiger partial charge < -0.3 is 8.98 Å². The maximum atomic E-state index is 6.29. The van der Waals surface area contributed by atoms with Crippen molar-refractivity contribution >= 4 is 76.1 Å². The molecule has 0 aliphatic rings. The minimum Gasteiger partial charge on any atom is -0.456 e. The molecule has 13 rings (SSSR count). The summed E-state index contributed by atoms with van der Waals surface area (Å²) < 4.78 is 8.65. The van der Waals surface area contributed by atoms with Gasteiger partial charge in [0.25, 0.3) is 0 Å². The van der Waals surface area contributed by atoms with Crippen LogP contribution in [0.5, 0.6) is 0 Å². The van der Waals surface area contributed by atoms with Gasteiger partial charge in [-0.2, -0.15) is 0 Å². The molecule has 0 unspecified atom stereocenters. The lowest BCUT2D eigenvalue weighted by molar-refractivity contribution is 0.669. The highest BCUT2D eigenvalue weighted by Crippen LogP contribution is 2.41. The molecule has 3 heterocycles. The zero-order valence-electron chi connectivity index (χ0n) is 33.3. The highest BCUT2D eigenvalue weighted by molar-refractivity contribution is 6.26. The van der Waals surface area contributed by atoms with Gasteiger partial charge in [0.2, 0.25) is 0 Å². The first-order valence-corrected chi connectivity index (χ1v) is 20.9. The number of aromatic nitrogens is 4. The van der Waals surface area contributed by atoms with Crippen LogP contribution in [0.25, 0.3) is 127 Å². The molecule has 10 aromatic carbocycles. The van der Waals surface area contributed by atoms with Gasteiger partial charge in [-0.05, 0) is 98.0 Å². The second-order valence-corrected chi connectivity index (χ2v) is 15.9. The first-order valence-electron chi connectivity index (χ1n) is 20.9. The average Bonchev–Trinajstić information content (AvgIpc) is 3.90. The van der Waals surface area contributed by atoms with Crippen LogP contribution in [0.1, 0.15) is 0 Å². The Hall–Kier alpha value is -8.41. The van der Waals surface area contributed by atoms with Crippen molar-refractivity contribution < 1.29 is 4.42 Å². The fourth-order valence-electron chi connectivity index (χ4n) is 9.59. The van der Waals surface area contributed by atoms with Gasteiger partial charge in [0, 0.05) is 43.9 Å². The molecule has 5 heteroatoms. The van der Waals surface area contributed by atoms with E-state index in [2.05, 4.69) is 150 Å². The monoisotopic (exact) mass is 790 g/mol. The minimum absolute atomic E-state index is 0.600. The van der Waals surface area contributed by atoms with Gasteiger partial charge in [-0.3, -0.25) is 0 Å². The molecule has 62 heavy (non-hydrogen) atoms. The number of para-hydroxylation sites is 3. The van der Waals surface area contributed by atoms with Crippen molar-refractivity contribution in [2.75, 3.05) is 0 Å². The molecule has 0 radical (unpaired) electrons. The van der Waals surface area contributed by atoms with E-state index in [9.17, 15) is 0 Å². The Bertz CT molecular complexity index is 3920. The van der Waals surface area contributed by atoms with Crippen LogP contribution in [0.2, 0.25) is 0 Å². The lowest BCUT2D eigenvalue weighted by Gasteiger charge is -2.14. The third kappa shape index (κ3) is 5.32. The van der Waals surface area contributed by atoms with Crippen molar-refractivity contribution in [3.8, 4) is 51.0 Å². The molecule has 0 bridgehead atoms. The van der Waals surface area contributed by atoms with Gasteiger partial charge in [0.05, 0.1) is 11.0 Å². The average molecular weight is 791 g/mol. The fraction of sp³-hybridized carbons (Fsp3) is 0. The molecule has 0 fully saturated rings. The van der Waals surface area contributed by atoms with Crippen LogP contribution in [0.3, 0.4) is 0 Å². The van der Waals surface area contributed by atoms with Crippen LogP contribution in [0, 0.1) is 0 Å². The zero-order valence-corrected chi connectivity index (χ0v) is 33.3. The quantitative estimate of drug-likeness (QED) is 0.163. The summed E-state index contributed by atoms with van der Waals surface area (Å²) in [5.41, 5.74) is 10.3. The molecular weight excluding hydrogens is 757 g/mol. The predicted molar refractivity (Wildman–Crippen MR) is 256 cm³/mol. The van der Waals surface area contributed by atoms with Crippen molar-refractivity contribution in [1.29, 1.82) is 0 Å². The van der Waals surface area contributed by atoms with E-state index in [-0.39, 0.29) is 0 Å². The van der Waals surface area contributed by atoms with E-state index < -0.39 is 0 Å². The number of hydrogen-bond acceptors (Lipinski definition) is 4. The van der Waals surface area contributed by atoms with Crippen molar-refractivity contribution in [1.82, 2.24) is 19.5 Å². The summed E-state index contributed by atoms with van der Waals surface area (Å²) in [6.45, 7) is 0. The normalized spacial score (nSPS) is 11.9. The van der Waals surface area contributed by atoms with Crippen molar-refractivity contribution in [3.05, 3.63) is 206 Å². The Morgan fingerprint density at radius 1 is 0.306 bits per heavy atom. The maximum absolute atomic E-state index is 6.29. The van der Waals surface area contributed by atoms with Gasteiger partial charge in [-0.1, -0.05) is 152 Å². The van der Waals surface area contributed by atoms with E-state index in [0.29, 0.717) is 17.5 Å². The summed E-state index contributed by atoms with van der Waals surface area (Å²) in [6.07, 6.45) is 0. The molecule has 0 aliphatic carbocycles. The largest absolute Gasteiger partial charge is 0.456 e. The van der Waals surface area contributed by atoms with Crippen LogP contribution in [-0.4, -0.2) is 19.5 Å². The summed E-state index contributed by atoms with van der Waals surface area (Å²) in [7, 11) is 0. The molecule has 288 valence electrons. The number of rotatable bonds is 5. The first kappa shape index (κ1) is 34.5. The molecule has 0 amide bonds. The molecule has 0 atom stereocenters. The van der Waals surface area contributed by atoms with E-state index in [0.717, 1.165) is 49.7 Å². The fourth-order valence-corrected chi connectivity index (χ4v) is 9.59. The number of hydrogen-bond donors (Lipinski definition) is 0. The Morgan fingerprint density at radius 3 is 1.61 bits per heavy atom. The standard InChI is InChI=1S/C57H34N4O/c1-3-14-35(15-4-1)55-58-56(60-57(59-55)46-22-13-25-53-54(46)45-21-10-12-24-52(45)62-53)38-27-30-43-47-32-36(26-29-42(47)40-18-7-8-19-41(40)48(43)34-38)37-28-31-51-49(33-37)44-20-9-11-23-50(44)61(51)39-16-5-2-6-17-39/h1-34H. The summed E-state index contributed by atoms with van der Waals surface area (Å²) in [4.78, 5) is 15.5. The SMILES string of the molecule is c1ccc(-c2nc(-c3ccc4c5cc(-c6ccc7c(c6)c6ccccc6n7-c6ccccc6)ccc5c5ccccc5c4c3)nc(-c3cccc4oc5ccccc5c34)n2)cc1. The van der Waals surface area contributed by atoms with E-state index in [1.165, 1.54) is 59.9 Å². The lowest BCUT2D eigenvalue weighted by atomic mass is 9.91. The number of furan rings is 1. The summed E-state index contributed by atoms with van der Waals surface area (Å²) in [6, 6.07) is 72.9. The summed E-state index contributed by atoms with van der Waals surface area (Å²) in [5.74, 6) is 1.83. The Labute approximate surface area is 355 Å². The third-order valence-corrected chi connectivity index (χ3v) is 12.4. The number of fused-ring (bicyclic) bond motifs is 12. The Kier molecular flexibility index (Phi) is 7.54. The Morgan fingerprint density at radius 2 is 0.823 bits per heavy atom. The first-order chi connectivity index (χ1) is 30.7. The van der Waals surface area contributed by atoms with E-state index in [4.69, 9.17) is 19.4 Å². The van der Waals surface area contributed by atoms with Crippen molar-refractivity contribution in [2.24, 2.45) is 0 Å². The van der Waals surface area contributed by atoms with E-state index >= 15 is 0 Å². The minimum atomic E-state index is 0.600.